The van der Waals surface area contributed by atoms with Gasteiger partial charge in [0.25, 0.3) is 0 Å². The normalized spacial score (nSPS) is 10.7. The molecular weight excluding hydrogens is 388 g/mol. The molecule has 0 aliphatic carbocycles. The van der Waals surface area contributed by atoms with E-state index < -0.39 is 0 Å². The van der Waals surface area contributed by atoms with E-state index in [1.54, 1.807) is 11.3 Å². The molecule has 0 saturated heterocycles. The average molecular weight is 415 g/mol. The van der Waals surface area contributed by atoms with E-state index >= 15 is 0 Å². The number of aryl methyl sites for hydroxylation is 1. The van der Waals surface area contributed by atoms with Crippen molar-refractivity contribution < 1.29 is 18.7 Å². The van der Waals surface area contributed by atoms with Gasteiger partial charge in [-0.25, -0.2) is 4.98 Å². The summed E-state index contributed by atoms with van der Waals surface area (Å²) >= 11 is 1.56. The minimum absolute atomic E-state index is 0.0740. The van der Waals surface area contributed by atoms with Gasteiger partial charge in [-0.15, -0.1) is 11.3 Å². The minimum Gasteiger partial charge on any atom is -0.490 e. The second-order valence-corrected chi connectivity index (χ2v) is 7.37. The van der Waals surface area contributed by atoms with Gasteiger partial charge in [0.15, 0.2) is 11.5 Å². The quantitative estimate of drug-likeness (QED) is 0.532. The molecule has 0 radical (unpaired) electrons. The van der Waals surface area contributed by atoms with E-state index in [4.69, 9.17) is 13.9 Å². The summed E-state index contributed by atoms with van der Waals surface area (Å²) in [6.07, 6.45) is 0.907. The molecule has 0 bridgehead atoms. The van der Waals surface area contributed by atoms with Crippen molar-refractivity contribution >= 4 is 17.2 Å². The molecular formula is C22H26N2O4S. The fraction of sp³-hybridized carbons (Fsp3) is 0.364. The molecule has 0 aliphatic heterocycles. The van der Waals surface area contributed by atoms with Crippen LogP contribution in [0.4, 0.5) is 0 Å². The summed E-state index contributed by atoms with van der Waals surface area (Å²) in [5.74, 6) is 2.65. The van der Waals surface area contributed by atoms with Crippen molar-refractivity contribution in [1.82, 2.24) is 10.3 Å². The molecule has 1 amide bonds. The molecule has 0 aliphatic rings. The van der Waals surface area contributed by atoms with Crippen molar-refractivity contribution in [2.45, 2.75) is 33.6 Å². The average Bonchev–Trinajstić information content (AvgIpc) is 3.34. The van der Waals surface area contributed by atoms with E-state index in [0.717, 1.165) is 21.9 Å². The second kappa shape index (κ2) is 10.1. The van der Waals surface area contributed by atoms with Gasteiger partial charge in [0.05, 0.1) is 30.2 Å². The third-order valence-electron chi connectivity index (χ3n) is 4.30. The summed E-state index contributed by atoms with van der Waals surface area (Å²) in [6.45, 7) is 7.42. The number of thiophene rings is 1. The second-order valence-electron chi connectivity index (χ2n) is 6.42. The summed E-state index contributed by atoms with van der Waals surface area (Å²) < 4.78 is 16.9. The maximum Gasteiger partial charge on any atom is 0.236 e. The van der Waals surface area contributed by atoms with Crippen molar-refractivity contribution in [2.75, 3.05) is 19.8 Å². The molecule has 2 heterocycles. The van der Waals surface area contributed by atoms with Crippen LogP contribution in [0.25, 0.3) is 10.8 Å². The topological polar surface area (TPSA) is 73.6 Å². The number of amides is 1. The lowest BCUT2D eigenvalue weighted by Crippen LogP contribution is -2.27. The molecule has 1 aromatic carbocycles. The summed E-state index contributed by atoms with van der Waals surface area (Å²) in [7, 11) is 0. The Morgan fingerprint density at radius 2 is 1.97 bits per heavy atom. The number of rotatable bonds is 10. The van der Waals surface area contributed by atoms with Crippen LogP contribution in [0.2, 0.25) is 0 Å². The summed E-state index contributed by atoms with van der Waals surface area (Å²) in [5, 5.41) is 4.92. The number of oxazole rings is 1. The number of nitrogens with one attached hydrogen (secondary N) is 1. The van der Waals surface area contributed by atoms with E-state index in [1.807, 2.05) is 56.5 Å². The predicted octanol–water partition coefficient (Wildman–Crippen LogP) is 4.41. The van der Waals surface area contributed by atoms with Gasteiger partial charge in [-0.05, 0) is 56.3 Å². The SMILES string of the molecule is CCOc1ccc(CCNC(=O)Cc2nc(-c3cccs3)oc2C)cc1OCC. The predicted molar refractivity (Wildman–Crippen MR) is 114 cm³/mol. The van der Waals surface area contributed by atoms with Crippen molar-refractivity contribution in [1.29, 1.82) is 0 Å². The van der Waals surface area contributed by atoms with Crippen LogP contribution in [0, 0.1) is 6.92 Å². The highest BCUT2D eigenvalue weighted by Gasteiger charge is 2.15. The van der Waals surface area contributed by atoms with Gasteiger partial charge in [0.2, 0.25) is 11.8 Å². The Morgan fingerprint density at radius 1 is 1.17 bits per heavy atom. The number of hydrogen-bond acceptors (Lipinski definition) is 6. The largest absolute Gasteiger partial charge is 0.490 e. The van der Waals surface area contributed by atoms with Gasteiger partial charge in [0.1, 0.15) is 5.76 Å². The van der Waals surface area contributed by atoms with Crippen LogP contribution in [-0.4, -0.2) is 30.6 Å². The maximum atomic E-state index is 12.3. The van der Waals surface area contributed by atoms with E-state index in [1.165, 1.54) is 0 Å². The summed E-state index contributed by atoms with van der Waals surface area (Å²) in [5.41, 5.74) is 1.75. The van der Waals surface area contributed by atoms with Gasteiger partial charge < -0.3 is 19.2 Å². The first kappa shape index (κ1) is 20.9. The molecule has 3 aromatic rings. The smallest absolute Gasteiger partial charge is 0.236 e. The molecule has 0 atom stereocenters. The zero-order valence-corrected chi connectivity index (χ0v) is 17.8. The highest BCUT2D eigenvalue weighted by atomic mass is 32.1. The van der Waals surface area contributed by atoms with Gasteiger partial charge >= 0.3 is 0 Å². The first-order chi connectivity index (χ1) is 14.1. The van der Waals surface area contributed by atoms with E-state index in [-0.39, 0.29) is 12.3 Å². The Labute approximate surface area is 174 Å². The lowest BCUT2D eigenvalue weighted by Gasteiger charge is -2.12. The van der Waals surface area contributed by atoms with Crippen LogP contribution in [0.3, 0.4) is 0 Å². The van der Waals surface area contributed by atoms with Crippen LogP contribution in [-0.2, 0) is 17.6 Å². The zero-order valence-electron chi connectivity index (χ0n) is 17.0. The van der Waals surface area contributed by atoms with Crippen LogP contribution < -0.4 is 14.8 Å². The van der Waals surface area contributed by atoms with Crippen molar-refractivity contribution in [2.24, 2.45) is 0 Å². The monoisotopic (exact) mass is 414 g/mol. The van der Waals surface area contributed by atoms with Gasteiger partial charge in [0, 0.05) is 6.54 Å². The molecule has 29 heavy (non-hydrogen) atoms. The van der Waals surface area contributed by atoms with E-state index in [2.05, 4.69) is 10.3 Å². The fourth-order valence-electron chi connectivity index (χ4n) is 2.91. The number of carbonyl (C=O) groups excluding carboxylic acids is 1. The molecule has 6 nitrogen and oxygen atoms in total. The minimum atomic E-state index is -0.0740. The van der Waals surface area contributed by atoms with Gasteiger partial charge in [-0.2, -0.15) is 0 Å². The van der Waals surface area contributed by atoms with Crippen LogP contribution in [0.1, 0.15) is 30.9 Å². The molecule has 0 fully saturated rings. The number of hydrogen-bond donors (Lipinski definition) is 1. The van der Waals surface area contributed by atoms with Crippen molar-refractivity contribution in [3.63, 3.8) is 0 Å². The molecule has 3 rings (SSSR count). The standard InChI is InChI=1S/C22H26N2O4S/c1-4-26-18-9-8-16(13-19(18)27-5-2)10-11-23-21(25)14-17-15(3)28-22(24-17)20-7-6-12-29-20/h6-9,12-13H,4-5,10-11,14H2,1-3H3,(H,23,25). The third-order valence-corrected chi connectivity index (χ3v) is 5.15. The van der Waals surface area contributed by atoms with Crippen LogP contribution in [0.5, 0.6) is 11.5 Å². The fourth-order valence-corrected chi connectivity index (χ4v) is 3.56. The first-order valence-electron chi connectivity index (χ1n) is 9.76. The lowest BCUT2D eigenvalue weighted by molar-refractivity contribution is -0.120. The van der Waals surface area contributed by atoms with Crippen molar-refractivity contribution in [3.05, 3.63) is 52.7 Å². The molecule has 7 heteroatoms. The van der Waals surface area contributed by atoms with Gasteiger partial charge in [-0.3, -0.25) is 4.79 Å². The number of aromatic nitrogens is 1. The Hall–Kier alpha value is -2.80. The molecule has 0 spiro atoms. The molecule has 1 N–H and O–H groups in total. The summed E-state index contributed by atoms with van der Waals surface area (Å²) in [4.78, 5) is 17.8. The number of carbonyl (C=O) groups is 1. The van der Waals surface area contributed by atoms with E-state index in [0.29, 0.717) is 43.5 Å². The number of benzene rings is 1. The van der Waals surface area contributed by atoms with Crippen molar-refractivity contribution in [3.8, 4) is 22.3 Å². The maximum absolute atomic E-state index is 12.3. The highest BCUT2D eigenvalue weighted by Crippen LogP contribution is 2.29. The molecule has 0 unspecified atom stereocenters. The molecule has 0 saturated carbocycles. The summed E-state index contributed by atoms with van der Waals surface area (Å²) in [6, 6.07) is 9.78. The molecule has 154 valence electrons. The van der Waals surface area contributed by atoms with Crippen LogP contribution >= 0.6 is 11.3 Å². The number of nitrogens with zero attached hydrogens (tertiary/aromatic N) is 1. The first-order valence-corrected chi connectivity index (χ1v) is 10.6. The zero-order chi connectivity index (χ0) is 20.6. The third kappa shape index (κ3) is 5.60. The Balaban J connectivity index is 1.53. The number of ether oxygens (including phenoxy) is 2. The Kier molecular flexibility index (Phi) is 7.30. The lowest BCUT2D eigenvalue weighted by atomic mass is 10.1. The van der Waals surface area contributed by atoms with E-state index in [9.17, 15) is 4.79 Å². The molecule has 2 aromatic heterocycles. The van der Waals surface area contributed by atoms with Crippen LogP contribution in [0.15, 0.2) is 40.1 Å². The highest BCUT2D eigenvalue weighted by molar-refractivity contribution is 7.13. The Morgan fingerprint density at radius 3 is 2.69 bits per heavy atom. The van der Waals surface area contributed by atoms with Gasteiger partial charge in [-0.1, -0.05) is 12.1 Å². The Bertz CT molecular complexity index is 934.